The molecule has 2 N–H and O–H groups in total. The second kappa shape index (κ2) is 6.47. The van der Waals surface area contributed by atoms with Crippen molar-refractivity contribution in [3.05, 3.63) is 35.4 Å². The molecule has 3 rings (SSSR count). The first-order valence-corrected chi connectivity index (χ1v) is 8.36. The van der Waals surface area contributed by atoms with Crippen LogP contribution in [0.4, 0.5) is 0 Å². The van der Waals surface area contributed by atoms with Crippen molar-refractivity contribution in [2.45, 2.75) is 57.2 Å². The molecule has 0 radical (unpaired) electrons. The van der Waals surface area contributed by atoms with E-state index in [1.807, 2.05) is 0 Å². The SMILES string of the molecule is CC(CO)(CCCN1CCc2ccccc2C1)NC1CC1. The van der Waals surface area contributed by atoms with E-state index in [0.29, 0.717) is 6.04 Å². The van der Waals surface area contributed by atoms with Gasteiger partial charge in [0.1, 0.15) is 0 Å². The molecule has 0 bridgehead atoms. The van der Waals surface area contributed by atoms with Gasteiger partial charge in [0.15, 0.2) is 0 Å². The smallest absolute Gasteiger partial charge is 0.0610 e. The predicted molar refractivity (Wildman–Crippen MR) is 86.3 cm³/mol. The van der Waals surface area contributed by atoms with Crippen LogP contribution >= 0.6 is 0 Å². The van der Waals surface area contributed by atoms with E-state index in [0.717, 1.165) is 25.9 Å². The summed E-state index contributed by atoms with van der Waals surface area (Å²) in [7, 11) is 0. The fraction of sp³-hybridized carbons (Fsp3) is 0.667. The monoisotopic (exact) mass is 288 g/mol. The van der Waals surface area contributed by atoms with Crippen molar-refractivity contribution in [2.24, 2.45) is 0 Å². The molecule has 3 nitrogen and oxygen atoms in total. The predicted octanol–water partition coefficient (Wildman–Crippen LogP) is 2.33. The lowest BCUT2D eigenvalue weighted by Crippen LogP contribution is -2.47. The molecule has 0 spiro atoms. The van der Waals surface area contributed by atoms with Gasteiger partial charge in [-0.2, -0.15) is 0 Å². The van der Waals surface area contributed by atoms with Gasteiger partial charge in [-0.15, -0.1) is 0 Å². The molecular weight excluding hydrogens is 260 g/mol. The van der Waals surface area contributed by atoms with Crippen LogP contribution in [0.5, 0.6) is 0 Å². The van der Waals surface area contributed by atoms with Crippen molar-refractivity contribution in [1.82, 2.24) is 10.2 Å². The second-order valence-corrected chi connectivity index (χ2v) is 7.04. The third-order valence-electron chi connectivity index (χ3n) is 4.89. The third kappa shape index (κ3) is 4.06. The minimum atomic E-state index is -0.0884. The molecule has 0 saturated heterocycles. The highest BCUT2D eigenvalue weighted by molar-refractivity contribution is 5.28. The molecule has 2 aliphatic rings. The zero-order valence-corrected chi connectivity index (χ0v) is 13.1. The van der Waals surface area contributed by atoms with Gasteiger partial charge in [-0.05, 0) is 56.7 Å². The van der Waals surface area contributed by atoms with Crippen LogP contribution in [0.15, 0.2) is 24.3 Å². The summed E-state index contributed by atoms with van der Waals surface area (Å²) in [5, 5.41) is 13.3. The van der Waals surface area contributed by atoms with E-state index in [4.69, 9.17) is 0 Å². The van der Waals surface area contributed by atoms with Gasteiger partial charge < -0.3 is 10.4 Å². The number of fused-ring (bicyclic) bond motifs is 1. The quantitative estimate of drug-likeness (QED) is 0.808. The molecule has 0 aromatic heterocycles. The molecule has 1 fully saturated rings. The maximum atomic E-state index is 9.65. The van der Waals surface area contributed by atoms with Crippen molar-refractivity contribution in [3.8, 4) is 0 Å². The summed E-state index contributed by atoms with van der Waals surface area (Å²) in [6, 6.07) is 9.46. The Bertz CT molecular complexity index is 472. The largest absolute Gasteiger partial charge is 0.394 e. The van der Waals surface area contributed by atoms with E-state index < -0.39 is 0 Å². The highest BCUT2D eigenvalue weighted by atomic mass is 16.3. The number of hydrogen-bond acceptors (Lipinski definition) is 3. The summed E-state index contributed by atoms with van der Waals surface area (Å²) < 4.78 is 0. The van der Waals surface area contributed by atoms with Crippen LogP contribution in [0, 0.1) is 0 Å². The Balaban J connectivity index is 1.45. The Morgan fingerprint density at radius 1 is 1.29 bits per heavy atom. The van der Waals surface area contributed by atoms with Crippen LogP contribution in [0.3, 0.4) is 0 Å². The zero-order valence-electron chi connectivity index (χ0n) is 13.1. The van der Waals surface area contributed by atoms with Crippen molar-refractivity contribution in [1.29, 1.82) is 0 Å². The van der Waals surface area contributed by atoms with Gasteiger partial charge in [0.25, 0.3) is 0 Å². The van der Waals surface area contributed by atoms with Gasteiger partial charge in [0.05, 0.1) is 6.61 Å². The third-order valence-corrected chi connectivity index (χ3v) is 4.89. The van der Waals surface area contributed by atoms with Crippen LogP contribution < -0.4 is 5.32 Å². The molecule has 21 heavy (non-hydrogen) atoms. The molecular formula is C18H28N2O. The zero-order chi connectivity index (χ0) is 14.7. The van der Waals surface area contributed by atoms with Crippen LogP contribution in [0.2, 0.25) is 0 Å². The minimum Gasteiger partial charge on any atom is -0.394 e. The fourth-order valence-corrected chi connectivity index (χ4v) is 3.36. The van der Waals surface area contributed by atoms with E-state index in [2.05, 4.69) is 41.4 Å². The van der Waals surface area contributed by atoms with E-state index in [9.17, 15) is 5.11 Å². The molecule has 1 unspecified atom stereocenters. The van der Waals surface area contributed by atoms with Crippen molar-refractivity contribution >= 4 is 0 Å². The lowest BCUT2D eigenvalue weighted by Gasteiger charge is -2.32. The van der Waals surface area contributed by atoms with Crippen LogP contribution in [0.25, 0.3) is 0 Å². The summed E-state index contributed by atoms with van der Waals surface area (Å²) >= 11 is 0. The Morgan fingerprint density at radius 3 is 2.76 bits per heavy atom. The van der Waals surface area contributed by atoms with Crippen molar-refractivity contribution in [3.63, 3.8) is 0 Å². The Kier molecular flexibility index (Phi) is 4.63. The molecule has 1 heterocycles. The number of nitrogens with one attached hydrogen (secondary N) is 1. The summed E-state index contributed by atoms with van der Waals surface area (Å²) in [6.45, 7) is 5.80. The topological polar surface area (TPSA) is 35.5 Å². The van der Waals surface area contributed by atoms with Gasteiger partial charge in [-0.1, -0.05) is 24.3 Å². The van der Waals surface area contributed by atoms with Gasteiger partial charge in [-0.25, -0.2) is 0 Å². The Hall–Kier alpha value is -0.900. The number of rotatable bonds is 7. The van der Waals surface area contributed by atoms with Crippen molar-refractivity contribution in [2.75, 3.05) is 19.7 Å². The summed E-state index contributed by atoms with van der Waals surface area (Å²) in [4.78, 5) is 2.55. The van der Waals surface area contributed by atoms with Crippen LogP contribution in [-0.2, 0) is 13.0 Å². The van der Waals surface area contributed by atoms with E-state index in [-0.39, 0.29) is 12.1 Å². The fourth-order valence-electron chi connectivity index (χ4n) is 3.36. The van der Waals surface area contributed by atoms with Crippen LogP contribution in [0.1, 0.15) is 43.7 Å². The normalized spacial score (nSPS) is 21.8. The first kappa shape index (κ1) is 15.0. The Morgan fingerprint density at radius 2 is 2.05 bits per heavy atom. The molecule has 1 saturated carbocycles. The number of hydrogen-bond donors (Lipinski definition) is 2. The first-order valence-electron chi connectivity index (χ1n) is 8.36. The molecule has 0 amide bonds. The maximum Gasteiger partial charge on any atom is 0.0610 e. The van der Waals surface area contributed by atoms with Crippen molar-refractivity contribution < 1.29 is 5.11 Å². The molecule has 1 atom stereocenters. The number of aliphatic hydroxyl groups is 1. The molecule has 1 aliphatic heterocycles. The lowest BCUT2D eigenvalue weighted by molar-refractivity contribution is 0.152. The molecule has 116 valence electrons. The van der Waals surface area contributed by atoms with Crippen LogP contribution in [-0.4, -0.2) is 41.3 Å². The summed E-state index contributed by atoms with van der Waals surface area (Å²) in [5.74, 6) is 0. The van der Waals surface area contributed by atoms with E-state index in [1.54, 1.807) is 0 Å². The highest BCUT2D eigenvalue weighted by Gasteiger charge is 2.31. The molecule has 1 aromatic rings. The standard InChI is InChI=1S/C18H28N2O/c1-18(14-21,19-17-7-8-17)10-4-11-20-12-9-15-5-2-3-6-16(15)13-20/h2-3,5-6,17,19,21H,4,7-14H2,1H3. The summed E-state index contributed by atoms with van der Waals surface area (Å²) in [6.07, 6.45) is 5.93. The second-order valence-electron chi connectivity index (χ2n) is 7.04. The van der Waals surface area contributed by atoms with Gasteiger partial charge in [-0.3, -0.25) is 4.90 Å². The lowest BCUT2D eigenvalue weighted by atomic mass is 9.95. The molecule has 1 aliphatic carbocycles. The molecule has 3 heteroatoms. The number of aliphatic hydroxyl groups excluding tert-OH is 1. The van der Waals surface area contributed by atoms with Gasteiger partial charge in [0, 0.05) is 24.7 Å². The average molecular weight is 288 g/mol. The number of benzene rings is 1. The maximum absolute atomic E-state index is 9.65. The minimum absolute atomic E-state index is 0.0884. The highest BCUT2D eigenvalue weighted by Crippen LogP contribution is 2.25. The van der Waals surface area contributed by atoms with E-state index in [1.165, 1.54) is 36.9 Å². The summed E-state index contributed by atoms with van der Waals surface area (Å²) in [5.41, 5.74) is 2.92. The first-order chi connectivity index (χ1) is 10.2. The number of nitrogens with zero attached hydrogens (tertiary/aromatic N) is 1. The van der Waals surface area contributed by atoms with E-state index >= 15 is 0 Å². The van der Waals surface area contributed by atoms with Gasteiger partial charge in [0.2, 0.25) is 0 Å². The molecule has 1 aromatic carbocycles. The van der Waals surface area contributed by atoms with Gasteiger partial charge >= 0.3 is 0 Å². The average Bonchev–Trinajstić information content (AvgIpc) is 3.31. The Labute approximate surface area is 128 Å².